The third-order valence-corrected chi connectivity index (χ3v) is 18.9. The number of aliphatic hydroxyl groups excluding tert-OH is 3. The van der Waals surface area contributed by atoms with Gasteiger partial charge in [-0.3, -0.25) is 0 Å². The van der Waals surface area contributed by atoms with Crippen molar-refractivity contribution < 1.29 is 124 Å². The number of hydrogen-bond acceptors (Lipinski definition) is 24. The molecule has 0 amide bonds. The largest absolute Gasteiger partial charge is 0.508 e. The minimum absolute atomic E-state index is 0.00966. The highest BCUT2D eigenvalue weighted by atomic mass is 16.7. The van der Waals surface area contributed by atoms with Crippen LogP contribution < -0.4 is 33.2 Å². The number of aliphatic carboxylic acids is 1. The van der Waals surface area contributed by atoms with Crippen molar-refractivity contribution in [1.82, 2.24) is 0 Å². The molecular weight excluding hydrogens is 1600 g/mol. The van der Waals surface area contributed by atoms with Crippen molar-refractivity contribution in [3.63, 3.8) is 0 Å². The fourth-order valence-electron chi connectivity index (χ4n) is 12.9. The van der Waals surface area contributed by atoms with E-state index in [9.17, 15) is 81.4 Å². The van der Waals surface area contributed by atoms with Crippen molar-refractivity contribution in [1.29, 1.82) is 0 Å². The highest BCUT2D eigenvalue weighted by Gasteiger charge is 2.48. The quantitative estimate of drug-likeness (QED) is 0.0221. The van der Waals surface area contributed by atoms with E-state index in [-0.39, 0.29) is 80.7 Å². The van der Waals surface area contributed by atoms with E-state index >= 15 is 0 Å². The molecule has 125 heavy (non-hydrogen) atoms. The molecule has 0 aromatic heterocycles. The summed E-state index contributed by atoms with van der Waals surface area (Å²) >= 11 is 0. The third kappa shape index (κ3) is 26.9. The van der Waals surface area contributed by atoms with Gasteiger partial charge in [-0.05, 0) is 214 Å². The van der Waals surface area contributed by atoms with E-state index in [2.05, 4.69) is 6.58 Å². The molecule has 12 aromatic carbocycles. The molecule has 7 unspecified atom stereocenters. The Hall–Kier alpha value is -15.7. The van der Waals surface area contributed by atoms with Crippen LogP contribution in [0.4, 0.5) is 0 Å². The number of ether oxygens (including phenoxy) is 8. The lowest BCUT2D eigenvalue weighted by Crippen LogP contribution is -2.61. The van der Waals surface area contributed by atoms with Crippen molar-refractivity contribution in [3.8, 4) is 109 Å². The number of phenolic OH excluding ortho intramolecular Hbond substituents is 12. The lowest BCUT2D eigenvalue weighted by Gasteiger charge is -2.38. The number of fused-ring (bicyclic) bond motifs is 1. The molecule has 0 radical (unpaired) electrons. The SMILES string of the molecule is C=C(C)/C=C/c1cc(/C=C/c2cc(O)cc(O)c2)ccc1O.COc1cc(/C=C/c2ccc(OC)cc2OC)cc(OC)c1.COc1ccc(/C=C\c2cc(O)cc(O)c2)cc1.O=C(O)C1OC(Oc2ccc(/C=C/c3cc(O)cc(O)c3)cc2)C(O)C(O)C1O.Oc1ccc(C2Oc3ccc(/C=C/c4cc(O)cc(O)c4)cc3C2c2cc(O)cc(O)c2)cc1. The fraction of sp³-hybridized carbons (Fsp3) is 0.130. The minimum atomic E-state index is -1.79. The molecule has 14 rings (SSSR count). The van der Waals surface area contributed by atoms with E-state index in [1.54, 1.807) is 175 Å². The van der Waals surface area contributed by atoms with Gasteiger partial charge < -0.3 is 120 Å². The number of rotatable bonds is 22. The Morgan fingerprint density at radius 2 is 0.736 bits per heavy atom. The Balaban J connectivity index is 0.000000166. The molecule has 1 saturated heterocycles. The molecule has 2 aliphatic rings. The zero-order chi connectivity index (χ0) is 90.0. The second-order valence-electron chi connectivity index (χ2n) is 28.4. The number of carboxylic acids is 1. The number of carbonyl (C=O) groups is 1. The summed E-state index contributed by atoms with van der Waals surface area (Å²) in [5, 5.41) is 154. The Morgan fingerprint density at radius 1 is 0.336 bits per heavy atom. The molecule has 0 bridgehead atoms. The summed E-state index contributed by atoms with van der Waals surface area (Å²) in [6, 6.07) is 65.1. The maximum Gasteiger partial charge on any atom is 0.335 e. The van der Waals surface area contributed by atoms with Crippen LogP contribution in [0.5, 0.6) is 109 Å². The van der Waals surface area contributed by atoms with E-state index in [0.717, 1.165) is 84.4 Å². The highest BCUT2D eigenvalue weighted by Crippen LogP contribution is 2.51. The normalized spacial score (nSPS) is 16.3. The van der Waals surface area contributed by atoms with Crippen molar-refractivity contribution in [2.45, 2.75) is 49.7 Å². The van der Waals surface area contributed by atoms with E-state index in [4.69, 9.17) is 43.0 Å². The van der Waals surface area contributed by atoms with E-state index in [1.807, 2.05) is 134 Å². The first-order valence-corrected chi connectivity index (χ1v) is 38.5. The van der Waals surface area contributed by atoms with Crippen molar-refractivity contribution >= 4 is 72.8 Å². The number of carboxylic acid groups (broad SMARTS) is 1. The molecule has 7 atom stereocenters. The van der Waals surface area contributed by atoms with Crippen molar-refractivity contribution in [2.75, 3.05) is 35.5 Å². The summed E-state index contributed by atoms with van der Waals surface area (Å²) in [6.07, 6.45) is 13.2. The van der Waals surface area contributed by atoms with Crippen LogP contribution in [-0.2, 0) is 9.53 Å². The summed E-state index contributed by atoms with van der Waals surface area (Å²) in [4.78, 5) is 11.1. The predicted octanol–water partition coefficient (Wildman–Crippen LogP) is 17.9. The maximum atomic E-state index is 11.1. The smallest absolute Gasteiger partial charge is 0.335 e. The number of aliphatic hydroxyl groups is 3. The Bertz CT molecular complexity index is 5770. The molecule has 16 N–H and O–H groups in total. The van der Waals surface area contributed by atoms with Gasteiger partial charge in [0.05, 0.1) is 41.5 Å². The van der Waals surface area contributed by atoms with Crippen LogP contribution >= 0.6 is 0 Å². The highest BCUT2D eigenvalue weighted by molar-refractivity contribution is 5.78. The zero-order valence-electron chi connectivity index (χ0n) is 68.5. The van der Waals surface area contributed by atoms with Crippen LogP contribution in [0, 0.1) is 0 Å². The summed E-state index contributed by atoms with van der Waals surface area (Å²) in [5.41, 5.74) is 12.1. The van der Waals surface area contributed by atoms with E-state index in [0.29, 0.717) is 33.6 Å². The van der Waals surface area contributed by atoms with Gasteiger partial charge in [-0.15, -0.1) is 0 Å². The Kier molecular flexibility index (Phi) is 31.9. The number of phenols is 12. The van der Waals surface area contributed by atoms with Crippen LogP contribution in [0.25, 0.3) is 66.8 Å². The van der Waals surface area contributed by atoms with Crippen LogP contribution in [0.1, 0.15) is 96.8 Å². The standard InChI is InChI=1S/C28H22O6.C20H20O9.C19H18O3.C18H20O4.C15H14O3/c29-20-6-4-18(5-7-20)28-27(19-12-23(32)15-24(33)13-19)25-11-16(3-8-26(25)34-28)1-2-17-9-21(30)14-22(31)10-17;21-12-7-11(8-13(22)9-12)2-1-10-3-5-14(6-4-10)28-20-17(25)15(23)16(24)18(29-20)19(26)27;1-13(2)3-7-16-9-14(6-8-19(16)22)4-5-15-10-17(20)12-18(21)11-15;1-19-15-8-7-14(18(12-15)22-4)6-5-13-9-16(20-2)11-17(10-13)21-3;1-18-15-6-4-11(5-7-15)2-3-12-8-13(16)10-14(17)9-12/h1-15,27-33H;1-9,15-18,20-25H,(H,26,27);3-12,20-22H,1H2,2H3;5-12H,1-4H3;2-10,16-17H,1H3/b2*2-1+;5-4+,7-3+;6-5+;3-2-. The summed E-state index contributed by atoms with van der Waals surface area (Å²) in [6.45, 7) is 5.67. The van der Waals surface area contributed by atoms with Gasteiger partial charge in [0.25, 0.3) is 0 Å². The average molecular weight is 1700 g/mol. The van der Waals surface area contributed by atoms with Gasteiger partial charge in [-0.2, -0.15) is 0 Å². The van der Waals surface area contributed by atoms with E-state index in [1.165, 1.54) is 42.5 Å². The summed E-state index contributed by atoms with van der Waals surface area (Å²) in [5.74, 6) is 3.12. The molecule has 1 fully saturated rings. The third-order valence-electron chi connectivity index (χ3n) is 18.9. The average Bonchev–Trinajstić information content (AvgIpc) is 1.61. The molecule has 12 aromatic rings. The molecule has 0 saturated carbocycles. The zero-order valence-corrected chi connectivity index (χ0v) is 68.5. The molecule has 2 aliphatic heterocycles. The molecule has 0 aliphatic carbocycles. The number of allylic oxidation sites excluding steroid dienone is 2. The lowest BCUT2D eigenvalue weighted by atomic mass is 9.84. The topological polar surface area (TPSA) is 415 Å². The summed E-state index contributed by atoms with van der Waals surface area (Å²) < 4.78 is 43.0. The number of benzene rings is 12. The monoisotopic (exact) mass is 1690 g/mol. The molecule has 25 heteroatoms. The second kappa shape index (κ2) is 43.5. The van der Waals surface area contributed by atoms with Gasteiger partial charge in [0, 0.05) is 59.2 Å². The van der Waals surface area contributed by atoms with Crippen molar-refractivity contribution in [2.24, 2.45) is 0 Å². The fourth-order valence-corrected chi connectivity index (χ4v) is 12.9. The Labute approximate surface area is 720 Å². The van der Waals surface area contributed by atoms with Gasteiger partial charge in [0.15, 0.2) is 6.10 Å². The van der Waals surface area contributed by atoms with Gasteiger partial charge in [-0.1, -0.05) is 134 Å². The second-order valence-corrected chi connectivity index (χ2v) is 28.4. The minimum Gasteiger partial charge on any atom is -0.508 e. The lowest BCUT2D eigenvalue weighted by molar-refractivity contribution is -0.271. The summed E-state index contributed by atoms with van der Waals surface area (Å²) in [7, 11) is 8.16. The predicted molar refractivity (Wildman–Crippen MR) is 479 cm³/mol. The number of aromatic hydroxyl groups is 12. The van der Waals surface area contributed by atoms with Gasteiger partial charge >= 0.3 is 5.97 Å². The van der Waals surface area contributed by atoms with Crippen LogP contribution in [0.15, 0.2) is 255 Å². The van der Waals surface area contributed by atoms with E-state index < -0.39 is 42.8 Å². The van der Waals surface area contributed by atoms with Gasteiger partial charge in [-0.25, -0.2) is 4.79 Å². The first-order valence-electron chi connectivity index (χ1n) is 38.5. The molecule has 2 heterocycles. The number of methoxy groups -OCH3 is 5. The number of hydrogen-bond donors (Lipinski definition) is 16. The molecular formula is C100H94O25. The first kappa shape index (κ1) is 91.6. The van der Waals surface area contributed by atoms with Gasteiger partial charge in [0.2, 0.25) is 6.29 Å². The van der Waals surface area contributed by atoms with Crippen LogP contribution in [0.2, 0.25) is 0 Å². The van der Waals surface area contributed by atoms with Crippen LogP contribution in [-0.4, -0.2) is 154 Å². The van der Waals surface area contributed by atoms with Gasteiger partial charge in [0.1, 0.15) is 134 Å². The first-order chi connectivity index (χ1) is 59.9. The van der Waals surface area contributed by atoms with Crippen molar-refractivity contribution in [3.05, 3.63) is 333 Å². The molecule has 644 valence electrons. The van der Waals surface area contributed by atoms with Crippen LogP contribution in [0.3, 0.4) is 0 Å². The molecule has 25 nitrogen and oxygen atoms in total. The Morgan fingerprint density at radius 3 is 1.18 bits per heavy atom. The maximum absolute atomic E-state index is 11.1. The molecule has 0 spiro atoms.